The molecular formula is C11H21N3O3S. The first-order valence-corrected chi connectivity index (χ1v) is 8.02. The Morgan fingerprint density at radius 2 is 2.22 bits per heavy atom. The zero-order chi connectivity index (χ0) is 13.6. The SMILES string of the molecule is CCCNCc1coc(N(C)CCS(C)(=O)=O)n1. The highest BCUT2D eigenvalue weighted by Crippen LogP contribution is 2.11. The molecule has 104 valence electrons. The number of anilines is 1. The molecule has 0 radical (unpaired) electrons. The lowest BCUT2D eigenvalue weighted by atomic mass is 10.4. The fourth-order valence-corrected chi connectivity index (χ4v) is 1.95. The third kappa shape index (κ3) is 5.50. The van der Waals surface area contributed by atoms with Crippen LogP contribution >= 0.6 is 0 Å². The van der Waals surface area contributed by atoms with Gasteiger partial charge in [-0.15, -0.1) is 0 Å². The maximum absolute atomic E-state index is 11.1. The van der Waals surface area contributed by atoms with Crippen LogP contribution in [0.3, 0.4) is 0 Å². The molecule has 1 heterocycles. The molecule has 0 saturated carbocycles. The predicted molar refractivity (Wildman–Crippen MR) is 71.5 cm³/mol. The molecule has 1 aromatic heterocycles. The molecule has 0 amide bonds. The lowest BCUT2D eigenvalue weighted by molar-refractivity contribution is 0.545. The van der Waals surface area contributed by atoms with Crippen LogP contribution in [0.25, 0.3) is 0 Å². The highest BCUT2D eigenvalue weighted by Gasteiger charge is 2.11. The van der Waals surface area contributed by atoms with Gasteiger partial charge in [0.25, 0.3) is 6.01 Å². The minimum atomic E-state index is -2.96. The minimum Gasteiger partial charge on any atom is -0.432 e. The molecule has 0 aromatic carbocycles. The van der Waals surface area contributed by atoms with Crippen molar-refractivity contribution in [3.05, 3.63) is 12.0 Å². The average Bonchev–Trinajstić information content (AvgIpc) is 2.74. The van der Waals surface area contributed by atoms with Crippen molar-refractivity contribution in [2.75, 3.05) is 37.0 Å². The molecular weight excluding hydrogens is 254 g/mol. The highest BCUT2D eigenvalue weighted by molar-refractivity contribution is 7.90. The zero-order valence-corrected chi connectivity index (χ0v) is 12.0. The van der Waals surface area contributed by atoms with E-state index in [9.17, 15) is 8.42 Å². The first kappa shape index (κ1) is 15.0. The van der Waals surface area contributed by atoms with Crippen molar-refractivity contribution in [3.63, 3.8) is 0 Å². The molecule has 0 aliphatic carbocycles. The molecule has 0 atom stereocenters. The Bertz CT molecular complexity index is 456. The van der Waals surface area contributed by atoms with Gasteiger partial charge in [-0.05, 0) is 13.0 Å². The monoisotopic (exact) mass is 275 g/mol. The summed E-state index contributed by atoms with van der Waals surface area (Å²) < 4.78 is 27.4. The lowest BCUT2D eigenvalue weighted by Crippen LogP contribution is -2.25. The Morgan fingerprint density at radius 3 is 2.83 bits per heavy atom. The summed E-state index contributed by atoms with van der Waals surface area (Å²) in [5.41, 5.74) is 0.824. The van der Waals surface area contributed by atoms with Gasteiger partial charge in [-0.25, -0.2) is 8.42 Å². The van der Waals surface area contributed by atoms with E-state index in [4.69, 9.17) is 4.42 Å². The number of sulfone groups is 1. The van der Waals surface area contributed by atoms with E-state index in [0.29, 0.717) is 19.1 Å². The second-order valence-electron chi connectivity index (χ2n) is 4.35. The minimum absolute atomic E-state index is 0.0926. The van der Waals surface area contributed by atoms with E-state index in [1.165, 1.54) is 6.26 Å². The lowest BCUT2D eigenvalue weighted by Gasteiger charge is -2.12. The molecule has 1 rings (SSSR count). The summed E-state index contributed by atoms with van der Waals surface area (Å²) in [6.45, 7) is 4.07. The van der Waals surface area contributed by atoms with E-state index in [1.54, 1.807) is 18.2 Å². The van der Waals surface area contributed by atoms with Crippen LogP contribution in [0.4, 0.5) is 6.01 Å². The quantitative estimate of drug-likeness (QED) is 0.702. The fraction of sp³-hybridized carbons (Fsp3) is 0.727. The normalized spacial score (nSPS) is 11.7. The number of rotatable bonds is 8. The van der Waals surface area contributed by atoms with Gasteiger partial charge in [0, 0.05) is 26.4 Å². The summed E-state index contributed by atoms with van der Waals surface area (Å²) >= 11 is 0. The van der Waals surface area contributed by atoms with E-state index in [1.807, 2.05) is 0 Å². The maximum atomic E-state index is 11.1. The topological polar surface area (TPSA) is 75.4 Å². The van der Waals surface area contributed by atoms with E-state index in [0.717, 1.165) is 18.7 Å². The molecule has 0 unspecified atom stereocenters. The summed E-state index contributed by atoms with van der Waals surface area (Å²) in [6.07, 6.45) is 3.88. The summed E-state index contributed by atoms with van der Waals surface area (Å²) in [5, 5.41) is 3.22. The van der Waals surface area contributed by atoms with Crippen molar-refractivity contribution in [1.29, 1.82) is 0 Å². The second kappa shape index (κ2) is 6.75. The van der Waals surface area contributed by atoms with Gasteiger partial charge in [0.05, 0.1) is 11.4 Å². The Balaban J connectivity index is 2.46. The Labute approximate surface area is 108 Å². The van der Waals surface area contributed by atoms with Gasteiger partial charge >= 0.3 is 0 Å². The van der Waals surface area contributed by atoms with E-state index < -0.39 is 9.84 Å². The Kier molecular flexibility index (Phi) is 5.61. The van der Waals surface area contributed by atoms with Crippen LogP contribution in [0, 0.1) is 0 Å². The number of aromatic nitrogens is 1. The standard InChI is InChI=1S/C11H21N3O3S/c1-4-5-12-8-10-9-17-11(13-10)14(2)6-7-18(3,15)16/h9,12H,4-8H2,1-3H3. The summed E-state index contributed by atoms with van der Waals surface area (Å²) in [7, 11) is -1.20. The van der Waals surface area contributed by atoms with Gasteiger partial charge in [0.1, 0.15) is 16.1 Å². The average molecular weight is 275 g/mol. The van der Waals surface area contributed by atoms with Gasteiger partial charge in [-0.3, -0.25) is 0 Å². The fourth-order valence-electron chi connectivity index (χ4n) is 1.34. The molecule has 1 N–H and O–H groups in total. The summed E-state index contributed by atoms with van der Waals surface area (Å²) in [5.74, 6) is 0.0926. The van der Waals surface area contributed by atoms with Crippen molar-refractivity contribution in [2.45, 2.75) is 19.9 Å². The summed E-state index contributed by atoms with van der Waals surface area (Å²) in [6, 6.07) is 0.451. The summed E-state index contributed by atoms with van der Waals surface area (Å²) in [4.78, 5) is 5.98. The van der Waals surface area contributed by atoms with Crippen LogP contribution < -0.4 is 10.2 Å². The van der Waals surface area contributed by atoms with Crippen molar-refractivity contribution in [1.82, 2.24) is 10.3 Å². The highest BCUT2D eigenvalue weighted by atomic mass is 32.2. The zero-order valence-electron chi connectivity index (χ0n) is 11.1. The molecule has 0 saturated heterocycles. The van der Waals surface area contributed by atoms with Crippen molar-refractivity contribution >= 4 is 15.9 Å². The second-order valence-corrected chi connectivity index (χ2v) is 6.61. The number of hydrogen-bond donors (Lipinski definition) is 1. The van der Waals surface area contributed by atoms with Crippen LogP contribution in [-0.4, -0.2) is 45.5 Å². The Hall–Kier alpha value is -1.08. The molecule has 1 aromatic rings. The van der Waals surface area contributed by atoms with Crippen LogP contribution in [0.2, 0.25) is 0 Å². The van der Waals surface area contributed by atoms with Gasteiger partial charge < -0.3 is 14.6 Å². The van der Waals surface area contributed by atoms with Crippen LogP contribution in [-0.2, 0) is 16.4 Å². The van der Waals surface area contributed by atoms with E-state index >= 15 is 0 Å². The Morgan fingerprint density at radius 1 is 1.50 bits per heavy atom. The van der Waals surface area contributed by atoms with Crippen LogP contribution in [0.5, 0.6) is 0 Å². The molecule has 0 bridgehead atoms. The largest absolute Gasteiger partial charge is 0.432 e. The number of hydrogen-bond acceptors (Lipinski definition) is 6. The smallest absolute Gasteiger partial charge is 0.297 e. The molecule has 7 heteroatoms. The number of nitrogens with zero attached hydrogens (tertiary/aromatic N) is 2. The van der Waals surface area contributed by atoms with Crippen molar-refractivity contribution in [2.24, 2.45) is 0 Å². The van der Waals surface area contributed by atoms with Gasteiger partial charge in [0.2, 0.25) is 0 Å². The van der Waals surface area contributed by atoms with Crippen molar-refractivity contribution < 1.29 is 12.8 Å². The molecule has 0 aliphatic heterocycles. The molecule has 0 fully saturated rings. The van der Waals surface area contributed by atoms with E-state index in [-0.39, 0.29) is 5.75 Å². The number of oxazole rings is 1. The maximum Gasteiger partial charge on any atom is 0.297 e. The first-order valence-electron chi connectivity index (χ1n) is 5.96. The molecule has 0 spiro atoms. The van der Waals surface area contributed by atoms with Gasteiger partial charge in [0.15, 0.2) is 0 Å². The molecule has 6 nitrogen and oxygen atoms in total. The van der Waals surface area contributed by atoms with Crippen LogP contribution in [0.1, 0.15) is 19.0 Å². The third-order valence-electron chi connectivity index (χ3n) is 2.40. The predicted octanol–water partition coefficient (Wildman–Crippen LogP) is 0.655. The van der Waals surface area contributed by atoms with Gasteiger partial charge in [-0.1, -0.05) is 6.92 Å². The molecule has 0 aliphatic rings. The third-order valence-corrected chi connectivity index (χ3v) is 3.32. The van der Waals surface area contributed by atoms with Gasteiger partial charge in [-0.2, -0.15) is 4.98 Å². The first-order chi connectivity index (χ1) is 8.42. The number of nitrogens with one attached hydrogen (secondary N) is 1. The van der Waals surface area contributed by atoms with Crippen molar-refractivity contribution in [3.8, 4) is 0 Å². The molecule has 18 heavy (non-hydrogen) atoms. The van der Waals surface area contributed by atoms with Crippen LogP contribution in [0.15, 0.2) is 10.7 Å². The van der Waals surface area contributed by atoms with E-state index in [2.05, 4.69) is 17.2 Å².